The van der Waals surface area contributed by atoms with Gasteiger partial charge >= 0.3 is 5.97 Å². The van der Waals surface area contributed by atoms with Gasteiger partial charge in [0.05, 0.1) is 22.8 Å². The average Bonchev–Trinajstić information content (AvgIpc) is 2.62. The molecule has 1 aromatic carbocycles. The van der Waals surface area contributed by atoms with Gasteiger partial charge in [0.25, 0.3) is 5.91 Å². The normalized spacial score (nSPS) is 13.9. The molecule has 1 aliphatic heterocycles. The number of carboxylic acid groups (broad SMARTS) is 1. The predicted octanol–water partition coefficient (Wildman–Crippen LogP) is 3.50. The Morgan fingerprint density at radius 3 is 2.89 bits per heavy atom. The molecular formula is C18H18Cl2N2O5. The maximum atomic E-state index is 12.1. The minimum Gasteiger partial charge on any atom is -0.483 e. The Bertz CT molecular complexity index is 832. The number of benzene rings is 1. The molecule has 1 aromatic heterocycles. The smallest absolute Gasteiger partial charge is 0.305 e. The lowest BCUT2D eigenvalue weighted by Crippen LogP contribution is -2.40. The topological polar surface area (TPSA) is 89.0 Å². The Hall–Kier alpha value is -2.51. The minimum absolute atomic E-state index is 0. The Morgan fingerprint density at radius 1 is 1.44 bits per heavy atom. The van der Waals surface area contributed by atoms with Crippen LogP contribution >= 0.6 is 24.0 Å². The molecular weight excluding hydrogens is 395 g/mol. The van der Waals surface area contributed by atoms with E-state index in [0.29, 0.717) is 22.2 Å². The van der Waals surface area contributed by atoms with Crippen molar-refractivity contribution in [2.45, 2.75) is 19.4 Å². The van der Waals surface area contributed by atoms with E-state index in [1.807, 2.05) is 25.1 Å². The zero-order chi connectivity index (χ0) is 18.7. The van der Waals surface area contributed by atoms with Gasteiger partial charge in [0, 0.05) is 18.8 Å². The van der Waals surface area contributed by atoms with Gasteiger partial charge in [0.15, 0.2) is 6.61 Å². The zero-order valence-electron chi connectivity index (χ0n) is 14.4. The number of rotatable bonds is 6. The number of carbonyl (C=O) groups excluding carboxylic acids is 1. The van der Waals surface area contributed by atoms with Crippen molar-refractivity contribution in [2.24, 2.45) is 0 Å². The summed E-state index contributed by atoms with van der Waals surface area (Å²) in [6.45, 7) is 1.73. The second kappa shape index (κ2) is 8.92. The van der Waals surface area contributed by atoms with Crippen molar-refractivity contribution in [1.29, 1.82) is 0 Å². The highest BCUT2D eigenvalue weighted by Gasteiger charge is 2.28. The number of aromatic nitrogens is 1. The maximum absolute atomic E-state index is 12.1. The molecule has 3 rings (SSSR count). The summed E-state index contributed by atoms with van der Waals surface area (Å²) in [6.07, 6.45) is 1.18. The Kier molecular flexibility index (Phi) is 6.87. The third-order valence-corrected chi connectivity index (χ3v) is 4.21. The van der Waals surface area contributed by atoms with Crippen LogP contribution in [0.2, 0.25) is 5.02 Å². The van der Waals surface area contributed by atoms with Gasteiger partial charge in [0.1, 0.15) is 17.6 Å². The standard InChI is InChI=1S/C18H17ClN2O5.ClH/c1-11(13-4-2-3-6-20-13)26-15-9-16-14(8-12(15)19)21(7-5-18(23)24)17(22)10-25-16;/h2-4,6,8-9,11H,5,7,10H2,1H3,(H,23,24);1H. The molecule has 0 radical (unpaired) electrons. The zero-order valence-corrected chi connectivity index (χ0v) is 16.0. The summed E-state index contributed by atoms with van der Waals surface area (Å²) in [5.74, 6) is -0.481. The van der Waals surface area contributed by atoms with Gasteiger partial charge in [-0.15, -0.1) is 12.4 Å². The summed E-state index contributed by atoms with van der Waals surface area (Å²) < 4.78 is 11.3. The van der Waals surface area contributed by atoms with E-state index in [4.69, 9.17) is 26.2 Å². The van der Waals surface area contributed by atoms with Gasteiger partial charge in [0.2, 0.25) is 0 Å². The van der Waals surface area contributed by atoms with Crippen molar-refractivity contribution in [3.8, 4) is 11.5 Å². The monoisotopic (exact) mass is 412 g/mol. The molecule has 1 N–H and O–H groups in total. The molecule has 1 atom stereocenters. The summed E-state index contributed by atoms with van der Waals surface area (Å²) in [6, 6.07) is 8.69. The van der Waals surface area contributed by atoms with E-state index in [9.17, 15) is 9.59 Å². The van der Waals surface area contributed by atoms with Crippen LogP contribution in [0.3, 0.4) is 0 Å². The van der Waals surface area contributed by atoms with Gasteiger partial charge in [-0.3, -0.25) is 14.6 Å². The number of amides is 1. The van der Waals surface area contributed by atoms with Crippen molar-refractivity contribution < 1.29 is 24.2 Å². The largest absolute Gasteiger partial charge is 0.483 e. The molecule has 2 aromatic rings. The summed E-state index contributed by atoms with van der Waals surface area (Å²) in [5, 5.41) is 9.16. The molecule has 1 amide bonds. The Morgan fingerprint density at radius 2 is 2.22 bits per heavy atom. The molecule has 0 saturated heterocycles. The van der Waals surface area contributed by atoms with E-state index in [-0.39, 0.29) is 44.0 Å². The van der Waals surface area contributed by atoms with E-state index in [1.54, 1.807) is 18.3 Å². The van der Waals surface area contributed by atoms with Crippen LogP contribution < -0.4 is 14.4 Å². The van der Waals surface area contributed by atoms with Crippen LogP contribution in [0.4, 0.5) is 5.69 Å². The van der Waals surface area contributed by atoms with Gasteiger partial charge in [-0.1, -0.05) is 17.7 Å². The van der Waals surface area contributed by atoms with Crippen LogP contribution in [-0.2, 0) is 9.59 Å². The molecule has 0 saturated carbocycles. The van der Waals surface area contributed by atoms with Crippen LogP contribution in [0.15, 0.2) is 36.5 Å². The van der Waals surface area contributed by atoms with Gasteiger partial charge in [-0.05, 0) is 25.1 Å². The predicted molar refractivity (Wildman–Crippen MR) is 102 cm³/mol. The molecule has 144 valence electrons. The molecule has 1 unspecified atom stereocenters. The van der Waals surface area contributed by atoms with Crippen LogP contribution in [0, 0.1) is 0 Å². The van der Waals surface area contributed by atoms with E-state index >= 15 is 0 Å². The number of anilines is 1. The van der Waals surface area contributed by atoms with Crippen molar-refractivity contribution in [3.63, 3.8) is 0 Å². The second-order valence-electron chi connectivity index (χ2n) is 5.74. The van der Waals surface area contributed by atoms with Gasteiger partial charge < -0.3 is 19.5 Å². The third-order valence-electron chi connectivity index (χ3n) is 3.91. The number of halogens is 2. The number of pyridine rings is 1. The lowest BCUT2D eigenvalue weighted by Gasteiger charge is -2.30. The van der Waals surface area contributed by atoms with E-state index in [1.165, 1.54) is 4.90 Å². The van der Waals surface area contributed by atoms with E-state index in [0.717, 1.165) is 5.69 Å². The molecule has 0 aliphatic carbocycles. The van der Waals surface area contributed by atoms with E-state index in [2.05, 4.69) is 4.98 Å². The minimum atomic E-state index is -0.985. The van der Waals surface area contributed by atoms with Crippen LogP contribution in [0.5, 0.6) is 11.5 Å². The van der Waals surface area contributed by atoms with Crippen LogP contribution in [0.1, 0.15) is 25.1 Å². The van der Waals surface area contributed by atoms with E-state index < -0.39 is 5.97 Å². The summed E-state index contributed by atoms with van der Waals surface area (Å²) in [7, 11) is 0. The molecule has 0 spiro atoms. The van der Waals surface area contributed by atoms with Crippen LogP contribution in [-0.4, -0.2) is 35.1 Å². The second-order valence-corrected chi connectivity index (χ2v) is 6.15. The number of hydrogen-bond acceptors (Lipinski definition) is 5. The first-order valence-corrected chi connectivity index (χ1v) is 8.39. The lowest BCUT2D eigenvalue weighted by molar-refractivity contribution is -0.136. The molecule has 2 heterocycles. The SMILES string of the molecule is CC(Oc1cc2c(cc1Cl)N(CCC(=O)O)C(=O)CO2)c1ccccn1.Cl. The number of hydrogen-bond donors (Lipinski definition) is 1. The fraction of sp³-hybridized carbons (Fsp3) is 0.278. The quantitative estimate of drug-likeness (QED) is 0.780. The first kappa shape index (κ1) is 20.8. The van der Waals surface area contributed by atoms with Crippen molar-refractivity contribution in [1.82, 2.24) is 4.98 Å². The summed E-state index contributed by atoms with van der Waals surface area (Å²) >= 11 is 6.31. The fourth-order valence-electron chi connectivity index (χ4n) is 2.61. The highest BCUT2D eigenvalue weighted by atomic mass is 35.5. The number of nitrogens with zero attached hydrogens (tertiary/aromatic N) is 2. The highest BCUT2D eigenvalue weighted by Crippen LogP contribution is 2.41. The fourth-order valence-corrected chi connectivity index (χ4v) is 2.82. The third kappa shape index (κ3) is 4.81. The average molecular weight is 413 g/mol. The first-order valence-electron chi connectivity index (χ1n) is 8.02. The van der Waals surface area contributed by atoms with Crippen molar-refractivity contribution in [2.75, 3.05) is 18.1 Å². The lowest BCUT2D eigenvalue weighted by atomic mass is 10.2. The van der Waals surface area contributed by atoms with Crippen molar-refractivity contribution in [3.05, 3.63) is 47.2 Å². The number of ether oxygens (including phenoxy) is 2. The molecule has 0 bridgehead atoms. The number of carbonyl (C=O) groups is 2. The molecule has 1 aliphatic rings. The summed E-state index contributed by atoms with van der Waals surface area (Å²) in [4.78, 5) is 28.5. The first-order chi connectivity index (χ1) is 12.5. The van der Waals surface area contributed by atoms with Gasteiger partial charge in [-0.25, -0.2) is 0 Å². The molecule has 9 heteroatoms. The molecule has 7 nitrogen and oxygen atoms in total. The Labute approximate surface area is 167 Å². The Balaban J connectivity index is 0.00000261. The number of carboxylic acids is 1. The summed E-state index contributed by atoms with van der Waals surface area (Å²) in [5.41, 5.74) is 1.19. The molecule has 0 fully saturated rings. The molecule has 27 heavy (non-hydrogen) atoms. The van der Waals surface area contributed by atoms with Gasteiger partial charge in [-0.2, -0.15) is 0 Å². The highest BCUT2D eigenvalue weighted by molar-refractivity contribution is 6.32. The van der Waals surface area contributed by atoms with Crippen molar-refractivity contribution >= 4 is 41.6 Å². The van der Waals surface area contributed by atoms with Crippen LogP contribution in [0.25, 0.3) is 0 Å². The number of fused-ring (bicyclic) bond motifs is 1. The number of aliphatic carboxylic acids is 1. The maximum Gasteiger partial charge on any atom is 0.305 e.